The van der Waals surface area contributed by atoms with Crippen molar-refractivity contribution >= 4 is 13.2 Å². The summed E-state index contributed by atoms with van der Waals surface area (Å²) in [5.41, 5.74) is 0. The van der Waals surface area contributed by atoms with Crippen molar-refractivity contribution in [2.75, 3.05) is 0 Å². The molecule has 0 saturated heterocycles. The predicted octanol–water partition coefficient (Wildman–Crippen LogP) is -0.243. The van der Waals surface area contributed by atoms with Gasteiger partial charge in [0.25, 0.3) is 0 Å². The molecule has 0 aromatic heterocycles. The molecule has 0 saturated carbocycles. The van der Waals surface area contributed by atoms with Gasteiger partial charge >= 0.3 is 7.94 Å². The van der Waals surface area contributed by atoms with E-state index in [1.807, 2.05) is 0 Å². The molecular formula is C6H8O4P+. The maximum Gasteiger partial charge on any atom is 0.444 e. The minimum atomic E-state index is -4.06. The summed E-state index contributed by atoms with van der Waals surface area (Å²) >= 11 is 0. The Labute approximate surface area is 64.0 Å². The van der Waals surface area contributed by atoms with E-state index >= 15 is 0 Å². The quantitative estimate of drug-likeness (QED) is 0.444. The van der Waals surface area contributed by atoms with Crippen LogP contribution in [-0.4, -0.2) is 19.8 Å². The molecule has 1 aromatic carbocycles. The van der Waals surface area contributed by atoms with Gasteiger partial charge in [-0.1, -0.05) is 12.1 Å². The van der Waals surface area contributed by atoms with Gasteiger partial charge < -0.3 is 5.11 Å². The minimum Gasteiger partial charge on any atom is -0.504 e. The second-order valence-electron chi connectivity index (χ2n) is 2.06. The Kier molecular flexibility index (Phi) is 2.11. The van der Waals surface area contributed by atoms with Crippen molar-refractivity contribution in [3.63, 3.8) is 0 Å². The highest BCUT2D eigenvalue weighted by Crippen LogP contribution is 2.45. The molecule has 4 N–H and O–H groups in total. The number of phenolic OH excluding ortho intramolecular Hbond substituents is 1. The van der Waals surface area contributed by atoms with Gasteiger partial charge in [0.2, 0.25) is 5.30 Å². The second-order valence-corrected chi connectivity index (χ2v) is 3.68. The Balaban J connectivity index is 3.14. The molecule has 0 fully saturated rings. The summed E-state index contributed by atoms with van der Waals surface area (Å²) in [5, 5.41) is 8.77. The zero-order valence-corrected chi connectivity index (χ0v) is 6.44. The average molecular weight is 175 g/mol. The number of aromatic hydroxyl groups is 1. The van der Waals surface area contributed by atoms with Crippen LogP contribution in [0.25, 0.3) is 0 Å². The highest BCUT2D eigenvalue weighted by Gasteiger charge is 2.36. The Morgan fingerprint density at radius 2 is 1.55 bits per heavy atom. The highest BCUT2D eigenvalue weighted by atomic mass is 31.2. The fraction of sp³-hybridized carbons (Fsp3) is 0. The van der Waals surface area contributed by atoms with Crippen LogP contribution >= 0.6 is 7.94 Å². The van der Waals surface area contributed by atoms with Gasteiger partial charge in [-0.3, -0.25) is 0 Å². The molecule has 11 heavy (non-hydrogen) atoms. The molecule has 0 amide bonds. The highest BCUT2D eigenvalue weighted by molar-refractivity contribution is 7.67. The Morgan fingerprint density at radius 3 is 1.91 bits per heavy atom. The molecule has 5 heteroatoms. The van der Waals surface area contributed by atoms with Crippen molar-refractivity contribution in [1.82, 2.24) is 0 Å². The summed E-state index contributed by atoms with van der Waals surface area (Å²) in [7, 11) is -4.06. The summed E-state index contributed by atoms with van der Waals surface area (Å²) in [5.74, 6) is -0.312. The Hall–Kier alpha value is -0.670. The lowest BCUT2D eigenvalue weighted by Gasteiger charge is -2.03. The topological polar surface area (TPSA) is 80.9 Å². The first-order valence-electron chi connectivity index (χ1n) is 2.87. The third-order valence-electron chi connectivity index (χ3n) is 1.20. The van der Waals surface area contributed by atoms with E-state index in [9.17, 15) is 0 Å². The van der Waals surface area contributed by atoms with E-state index in [0.29, 0.717) is 0 Å². The maximum atomic E-state index is 8.99. The van der Waals surface area contributed by atoms with Gasteiger partial charge in [0.05, 0.1) is 0 Å². The lowest BCUT2D eigenvalue weighted by molar-refractivity contribution is 0.345. The molecule has 0 aliphatic carbocycles. The molecular weight excluding hydrogens is 167 g/mol. The molecule has 1 rings (SSSR count). The van der Waals surface area contributed by atoms with E-state index in [1.165, 1.54) is 24.3 Å². The van der Waals surface area contributed by atoms with Crippen LogP contribution in [0.4, 0.5) is 0 Å². The first-order valence-corrected chi connectivity index (χ1v) is 4.52. The van der Waals surface area contributed by atoms with Crippen LogP contribution in [0.2, 0.25) is 0 Å². The van der Waals surface area contributed by atoms with Crippen LogP contribution in [-0.2, 0) is 0 Å². The van der Waals surface area contributed by atoms with E-state index in [0.717, 1.165) is 0 Å². The molecule has 0 spiro atoms. The van der Waals surface area contributed by atoms with Gasteiger partial charge in [-0.2, -0.15) is 14.7 Å². The summed E-state index contributed by atoms with van der Waals surface area (Å²) in [6, 6.07) is 5.54. The molecule has 4 nitrogen and oxygen atoms in total. The Morgan fingerprint density at radius 1 is 1.00 bits per heavy atom. The number of benzene rings is 1. The Bertz CT molecular complexity index is 255. The smallest absolute Gasteiger partial charge is 0.444 e. The zero-order valence-electron chi connectivity index (χ0n) is 5.55. The minimum absolute atomic E-state index is 0.222. The lowest BCUT2D eigenvalue weighted by Crippen LogP contribution is -2.09. The number of phenols is 1. The van der Waals surface area contributed by atoms with Crippen LogP contribution < -0.4 is 5.30 Å². The van der Waals surface area contributed by atoms with Crippen molar-refractivity contribution < 1.29 is 19.8 Å². The summed E-state index contributed by atoms with van der Waals surface area (Å²) in [6.07, 6.45) is 0. The van der Waals surface area contributed by atoms with Crippen molar-refractivity contribution in [2.24, 2.45) is 0 Å². The SMILES string of the molecule is Oc1ccccc1[P+](O)(O)O. The third-order valence-corrected chi connectivity index (χ3v) is 2.23. The molecule has 0 aliphatic rings. The number of para-hydroxylation sites is 1. The summed E-state index contributed by atoms with van der Waals surface area (Å²) < 4.78 is 0. The van der Waals surface area contributed by atoms with Gasteiger partial charge in [0.15, 0.2) is 5.75 Å². The van der Waals surface area contributed by atoms with Gasteiger partial charge in [-0.05, 0) is 12.1 Å². The number of rotatable bonds is 1. The third kappa shape index (κ3) is 1.88. The first-order chi connectivity index (χ1) is 5.02. The fourth-order valence-electron chi connectivity index (χ4n) is 0.718. The zero-order chi connectivity index (χ0) is 8.48. The van der Waals surface area contributed by atoms with Gasteiger partial charge in [0, 0.05) is 0 Å². The van der Waals surface area contributed by atoms with Crippen molar-refractivity contribution in [2.45, 2.75) is 0 Å². The van der Waals surface area contributed by atoms with Gasteiger partial charge in [-0.25, -0.2) is 0 Å². The van der Waals surface area contributed by atoms with Crippen molar-refractivity contribution in [3.05, 3.63) is 24.3 Å². The molecule has 1 aromatic rings. The fourth-order valence-corrected chi connectivity index (χ4v) is 1.39. The van der Waals surface area contributed by atoms with Crippen LogP contribution in [0.1, 0.15) is 0 Å². The van der Waals surface area contributed by atoms with Crippen LogP contribution in [0.5, 0.6) is 5.75 Å². The molecule has 0 unspecified atom stereocenters. The standard InChI is InChI=1S/C6H7O4P/c7-5-3-1-2-4-6(5)11(8,9)10/h1-4,8-10H/p+1. The van der Waals surface area contributed by atoms with Gasteiger partial charge in [-0.15, -0.1) is 0 Å². The number of hydrogen-bond donors (Lipinski definition) is 4. The summed E-state index contributed by atoms with van der Waals surface area (Å²) in [6.45, 7) is 0. The first kappa shape index (κ1) is 8.43. The van der Waals surface area contributed by atoms with E-state index in [4.69, 9.17) is 19.8 Å². The van der Waals surface area contributed by atoms with Crippen LogP contribution in [0.3, 0.4) is 0 Å². The van der Waals surface area contributed by atoms with E-state index in [1.54, 1.807) is 0 Å². The van der Waals surface area contributed by atoms with Crippen molar-refractivity contribution in [1.29, 1.82) is 0 Å². The second kappa shape index (κ2) is 2.75. The van der Waals surface area contributed by atoms with Crippen molar-refractivity contribution in [3.8, 4) is 5.75 Å². The van der Waals surface area contributed by atoms with Crippen LogP contribution in [0, 0.1) is 0 Å². The van der Waals surface area contributed by atoms with E-state index in [-0.39, 0.29) is 11.1 Å². The largest absolute Gasteiger partial charge is 0.504 e. The molecule has 0 atom stereocenters. The van der Waals surface area contributed by atoms with E-state index < -0.39 is 7.94 Å². The van der Waals surface area contributed by atoms with Crippen LogP contribution in [0.15, 0.2) is 24.3 Å². The predicted molar refractivity (Wildman–Crippen MR) is 41.3 cm³/mol. The molecule has 60 valence electrons. The summed E-state index contributed by atoms with van der Waals surface area (Å²) in [4.78, 5) is 26.2. The molecule has 0 bridgehead atoms. The lowest BCUT2D eigenvalue weighted by atomic mass is 10.3. The molecule has 0 heterocycles. The normalized spacial score (nSPS) is 11.5. The van der Waals surface area contributed by atoms with E-state index in [2.05, 4.69) is 0 Å². The molecule has 0 aliphatic heterocycles. The maximum absolute atomic E-state index is 8.99. The molecule has 0 radical (unpaired) electrons. The van der Waals surface area contributed by atoms with Gasteiger partial charge in [0.1, 0.15) is 0 Å². The monoisotopic (exact) mass is 175 g/mol. The number of hydrogen-bond acceptors (Lipinski definition) is 4. The average Bonchev–Trinajstić information content (AvgIpc) is 1.86.